The van der Waals surface area contributed by atoms with E-state index in [0.29, 0.717) is 6.42 Å². The molecule has 0 aromatic heterocycles. The fraction of sp³-hybridized carbons (Fsp3) is 0.929. The van der Waals surface area contributed by atoms with Crippen LogP contribution in [0.4, 0.5) is 0 Å². The van der Waals surface area contributed by atoms with Gasteiger partial charge < -0.3 is 35.2 Å². The lowest BCUT2D eigenvalue weighted by Crippen LogP contribution is -2.59. The number of rotatable bonds is 9. The summed E-state index contributed by atoms with van der Waals surface area (Å²) in [6.07, 6.45) is -3.07. The van der Waals surface area contributed by atoms with Gasteiger partial charge >= 0.3 is 0 Å². The van der Waals surface area contributed by atoms with Crippen LogP contribution in [-0.2, 0) is 14.3 Å². The van der Waals surface area contributed by atoms with E-state index in [2.05, 4.69) is 12.2 Å². The Morgan fingerprint density at radius 1 is 1.18 bits per heavy atom. The van der Waals surface area contributed by atoms with Gasteiger partial charge in [-0.05, 0) is 6.42 Å². The fourth-order valence-electron chi connectivity index (χ4n) is 2.19. The summed E-state index contributed by atoms with van der Waals surface area (Å²) in [5.74, 6) is -0.0640. The third-order valence-electron chi connectivity index (χ3n) is 3.56. The van der Waals surface area contributed by atoms with Crippen LogP contribution >= 0.6 is 0 Å². The van der Waals surface area contributed by atoms with Gasteiger partial charge in [-0.25, -0.2) is 0 Å². The smallest absolute Gasteiger partial charge is 0.220 e. The molecule has 22 heavy (non-hydrogen) atoms. The second-order valence-electron chi connectivity index (χ2n) is 5.38. The molecule has 1 amide bonds. The molecule has 1 heterocycles. The van der Waals surface area contributed by atoms with Gasteiger partial charge in [-0.15, -0.1) is 0 Å². The molecule has 130 valence electrons. The molecule has 0 unspecified atom stereocenters. The summed E-state index contributed by atoms with van der Waals surface area (Å²) in [6, 6.07) is 0. The largest absolute Gasteiger partial charge is 0.394 e. The highest BCUT2D eigenvalue weighted by Gasteiger charge is 2.43. The maximum absolute atomic E-state index is 11.5. The second kappa shape index (κ2) is 10.1. The van der Waals surface area contributed by atoms with Crippen LogP contribution in [0, 0.1) is 0 Å². The van der Waals surface area contributed by atoms with E-state index in [1.54, 1.807) is 0 Å². The van der Waals surface area contributed by atoms with E-state index in [9.17, 15) is 20.1 Å². The number of aliphatic hydroxyl groups is 4. The van der Waals surface area contributed by atoms with Crippen molar-refractivity contribution in [2.45, 2.75) is 63.3 Å². The van der Waals surface area contributed by atoms with Crippen molar-refractivity contribution in [1.29, 1.82) is 0 Å². The summed E-state index contributed by atoms with van der Waals surface area (Å²) in [7, 11) is 0. The fourth-order valence-corrected chi connectivity index (χ4v) is 2.19. The zero-order valence-electron chi connectivity index (χ0n) is 12.9. The Morgan fingerprint density at radius 3 is 2.55 bits per heavy atom. The average molecular weight is 321 g/mol. The molecule has 1 aliphatic rings. The molecule has 0 bridgehead atoms. The van der Waals surface area contributed by atoms with E-state index in [1.165, 1.54) is 0 Å². The highest BCUT2D eigenvalue weighted by molar-refractivity contribution is 5.75. The van der Waals surface area contributed by atoms with Crippen LogP contribution in [0.25, 0.3) is 0 Å². The molecule has 5 atom stereocenters. The Kier molecular flexibility index (Phi) is 8.84. The van der Waals surface area contributed by atoms with Gasteiger partial charge in [0.25, 0.3) is 0 Å². The topological polar surface area (TPSA) is 128 Å². The van der Waals surface area contributed by atoms with Gasteiger partial charge in [0.2, 0.25) is 5.91 Å². The van der Waals surface area contributed by atoms with Gasteiger partial charge in [-0.3, -0.25) is 4.79 Å². The third kappa shape index (κ3) is 5.79. The summed E-state index contributed by atoms with van der Waals surface area (Å²) >= 11 is 0. The van der Waals surface area contributed by atoms with Crippen molar-refractivity contribution in [2.75, 3.05) is 19.8 Å². The molecule has 1 fully saturated rings. The first-order valence-corrected chi connectivity index (χ1v) is 7.70. The summed E-state index contributed by atoms with van der Waals surface area (Å²) in [5, 5.41) is 40.7. The number of unbranched alkanes of at least 4 members (excludes halogenated alkanes) is 2. The van der Waals surface area contributed by atoms with Crippen molar-refractivity contribution in [3.05, 3.63) is 0 Å². The molecular formula is C14H27NO7. The van der Waals surface area contributed by atoms with Gasteiger partial charge in [-0.1, -0.05) is 19.8 Å². The molecule has 8 heteroatoms. The molecule has 0 aromatic carbocycles. The standard InChI is InChI=1S/C14H27NO7/c1-2-3-4-5-10(17)15-6-7-21-14-13(20)12(19)11(18)9(8-16)22-14/h9,11-14,16,18-20H,2-8H2,1H3,(H,15,17)/t9-,11-,12+,13+,14+/m1/s1. The number of nitrogens with one attached hydrogen (secondary N) is 1. The summed E-state index contributed by atoms with van der Waals surface area (Å²) < 4.78 is 10.4. The monoisotopic (exact) mass is 321 g/mol. The number of carbonyl (C=O) groups is 1. The first-order valence-electron chi connectivity index (χ1n) is 7.70. The van der Waals surface area contributed by atoms with Crippen LogP contribution in [0.15, 0.2) is 0 Å². The molecule has 0 aromatic rings. The highest BCUT2D eigenvalue weighted by atomic mass is 16.7. The minimum atomic E-state index is -1.46. The van der Waals surface area contributed by atoms with Crippen LogP contribution in [0.1, 0.15) is 32.6 Å². The van der Waals surface area contributed by atoms with E-state index >= 15 is 0 Å². The first kappa shape index (κ1) is 19.3. The maximum atomic E-state index is 11.5. The summed E-state index contributed by atoms with van der Waals surface area (Å²) in [5.41, 5.74) is 0. The summed E-state index contributed by atoms with van der Waals surface area (Å²) in [4.78, 5) is 11.5. The van der Waals surface area contributed by atoms with Crippen LogP contribution < -0.4 is 5.32 Å². The molecule has 0 radical (unpaired) electrons. The highest BCUT2D eigenvalue weighted by Crippen LogP contribution is 2.21. The first-order chi connectivity index (χ1) is 10.5. The van der Waals surface area contributed by atoms with E-state index < -0.39 is 37.3 Å². The zero-order valence-corrected chi connectivity index (χ0v) is 12.9. The molecule has 1 rings (SSSR count). The number of carbonyl (C=O) groups excluding carboxylic acids is 1. The molecule has 1 saturated heterocycles. The molecule has 8 nitrogen and oxygen atoms in total. The van der Waals surface area contributed by atoms with E-state index in [0.717, 1.165) is 19.3 Å². The second-order valence-corrected chi connectivity index (χ2v) is 5.38. The average Bonchev–Trinajstić information content (AvgIpc) is 2.51. The molecular weight excluding hydrogens is 294 g/mol. The SMILES string of the molecule is CCCCCC(=O)NCCO[C@H]1O[C@H](CO)[C@@H](O)[C@H](O)[C@@H]1O. The van der Waals surface area contributed by atoms with E-state index in [1.807, 2.05) is 0 Å². The van der Waals surface area contributed by atoms with Crippen molar-refractivity contribution < 1.29 is 34.7 Å². The molecule has 0 spiro atoms. The van der Waals surface area contributed by atoms with Crippen LogP contribution in [0.5, 0.6) is 0 Å². The van der Waals surface area contributed by atoms with Crippen LogP contribution in [0.2, 0.25) is 0 Å². The number of aliphatic hydroxyl groups excluding tert-OH is 4. The molecule has 0 saturated carbocycles. The Bertz CT molecular complexity index is 326. The predicted molar refractivity (Wildman–Crippen MR) is 76.9 cm³/mol. The third-order valence-corrected chi connectivity index (χ3v) is 3.56. The van der Waals surface area contributed by atoms with Crippen molar-refractivity contribution in [1.82, 2.24) is 5.32 Å². The van der Waals surface area contributed by atoms with Crippen LogP contribution in [0.3, 0.4) is 0 Å². The lowest BCUT2D eigenvalue weighted by atomic mass is 9.99. The van der Waals surface area contributed by atoms with Crippen molar-refractivity contribution in [2.24, 2.45) is 0 Å². The van der Waals surface area contributed by atoms with E-state index in [4.69, 9.17) is 14.6 Å². The minimum absolute atomic E-state index is 0.0640. The zero-order chi connectivity index (χ0) is 16.5. The Hall–Kier alpha value is -0.770. The van der Waals surface area contributed by atoms with Crippen molar-refractivity contribution >= 4 is 5.91 Å². The number of ether oxygens (including phenoxy) is 2. The number of hydrogen-bond donors (Lipinski definition) is 5. The molecule has 1 aliphatic heterocycles. The van der Waals surface area contributed by atoms with Gasteiger partial charge in [0.1, 0.15) is 24.4 Å². The Balaban J connectivity index is 2.24. The van der Waals surface area contributed by atoms with Gasteiger partial charge in [0, 0.05) is 13.0 Å². The minimum Gasteiger partial charge on any atom is -0.394 e. The Morgan fingerprint density at radius 2 is 1.91 bits per heavy atom. The molecule has 5 N–H and O–H groups in total. The Labute approximate surface area is 130 Å². The lowest BCUT2D eigenvalue weighted by molar-refractivity contribution is -0.300. The van der Waals surface area contributed by atoms with Gasteiger partial charge in [0.15, 0.2) is 6.29 Å². The molecule has 0 aliphatic carbocycles. The number of amides is 1. The van der Waals surface area contributed by atoms with Crippen molar-refractivity contribution in [3.63, 3.8) is 0 Å². The maximum Gasteiger partial charge on any atom is 0.220 e. The predicted octanol–water partition coefficient (Wildman–Crippen LogP) is -1.50. The number of hydrogen-bond acceptors (Lipinski definition) is 7. The lowest BCUT2D eigenvalue weighted by Gasteiger charge is -2.39. The van der Waals surface area contributed by atoms with E-state index in [-0.39, 0.29) is 19.1 Å². The normalized spacial score (nSPS) is 32.0. The van der Waals surface area contributed by atoms with Gasteiger partial charge in [-0.2, -0.15) is 0 Å². The van der Waals surface area contributed by atoms with Crippen molar-refractivity contribution in [3.8, 4) is 0 Å². The van der Waals surface area contributed by atoms with Crippen LogP contribution in [-0.4, -0.2) is 76.8 Å². The summed E-state index contributed by atoms with van der Waals surface area (Å²) in [6.45, 7) is 1.90. The quantitative estimate of drug-likeness (QED) is 0.327. The van der Waals surface area contributed by atoms with Gasteiger partial charge in [0.05, 0.1) is 13.2 Å².